The summed E-state index contributed by atoms with van der Waals surface area (Å²) in [5.41, 5.74) is 0. The molecule has 0 spiro atoms. The van der Waals surface area contributed by atoms with Gasteiger partial charge in [-0.25, -0.2) is 0 Å². The summed E-state index contributed by atoms with van der Waals surface area (Å²) in [5, 5.41) is 8.86. The van der Waals surface area contributed by atoms with Gasteiger partial charge in [-0.2, -0.15) is 0 Å². The second-order valence-electron chi connectivity index (χ2n) is 5.67. The Balaban J connectivity index is 4.31. The van der Waals surface area contributed by atoms with E-state index in [4.69, 9.17) is 9.84 Å². The summed E-state index contributed by atoms with van der Waals surface area (Å²) in [4.78, 5) is 22.8. The first-order chi connectivity index (χ1) is 8.86. The predicted octanol–water partition coefficient (Wildman–Crippen LogP) is 3.64. The molecule has 19 heavy (non-hydrogen) atoms. The zero-order valence-corrected chi connectivity index (χ0v) is 12.6. The van der Waals surface area contributed by atoms with Gasteiger partial charge in [-0.1, -0.05) is 40.0 Å². The molecule has 0 fully saturated rings. The summed E-state index contributed by atoms with van der Waals surface area (Å²) in [6.07, 6.45) is 4.09. The van der Waals surface area contributed by atoms with Crippen LogP contribution < -0.4 is 0 Å². The van der Waals surface area contributed by atoms with Crippen molar-refractivity contribution in [2.45, 2.75) is 72.3 Å². The molecule has 0 radical (unpaired) electrons. The number of aliphatic carboxylic acids is 1. The molecule has 0 aromatic carbocycles. The van der Waals surface area contributed by atoms with Gasteiger partial charge in [0.25, 0.3) is 0 Å². The van der Waals surface area contributed by atoms with Crippen molar-refractivity contribution in [2.24, 2.45) is 11.8 Å². The maximum Gasteiger partial charge on any atom is 0.309 e. The van der Waals surface area contributed by atoms with E-state index in [-0.39, 0.29) is 18.5 Å². The van der Waals surface area contributed by atoms with Crippen molar-refractivity contribution in [3.63, 3.8) is 0 Å². The Labute approximate surface area is 116 Å². The van der Waals surface area contributed by atoms with E-state index in [0.29, 0.717) is 12.3 Å². The summed E-state index contributed by atoms with van der Waals surface area (Å²) in [6.45, 7) is 8.08. The summed E-state index contributed by atoms with van der Waals surface area (Å²) >= 11 is 0. The molecule has 0 amide bonds. The van der Waals surface area contributed by atoms with Gasteiger partial charge in [-0.15, -0.1) is 0 Å². The Morgan fingerprint density at radius 3 is 2.26 bits per heavy atom. The quantitative estimate of drug-likeness (QED) is 0.487. The van der Waals surface area contributed by atoms with E-state index in [1.54, 1.807) is 0 Å². The van der Waals surface area contributed by atoms with Gasteiger partial charge < -0.3 is 9.84 Å². The molecule has 0 rings (SSSR count). The van der Waals surface area contributed by atoms with Crippen LogP contribution in [0.25, 0.3) is 0 Å². The second kappa shape index (κ2) is 9.82. The molecule has 0 aromatic rings. The Morgan fingerprint density at radius 2 is 1.79 bits per heavy atom. The van der Waals surface area contributed by atoms with Gasteiger partial charge in [0.15, 0.2) is 0 Å². The molecule has 0 heterocycles. The van der Waals surface area contributed by atoms with Gasteiger partial charge in [0.1, 0.15) is 0 Å². The third-order valence-electron chi connectivity index (χ3n) is 3.03. The summed E-state index contributed by atoms with van der Waals surface area (Å²) in [5.74, 6) is -1.33. The number of ether oxygens (including phenoxy) is 1. The van der Waals surface area contributed by atoms with E-state index in [0.717, 1.165) is 25.7 Å². The number of carbonyl (C=O) groups excluding carboxylic acids is 1. The highest BCUT2D eigenvalue weighted by Crippen LogP contribution is 2.18. The van der Waals surface area contributed by atoms with Crippen molar-refractivity contribution in [3.8, 4) is 0 Å². The summed E-state index contributed by atoms with van der Waals surface area (Å²) in [6, 6.07) is 0. The van der Waals surface area contributed by atoms with Gasteiger partial charge in [-0.3, -0.25) is 9.59 Å². The van der Waals surface area contributed by atoms with Gasteiger partial charge in [0, 0.05) is 0 Å². The smallest absolute Gasteiger partial charge is 0.309 e. The lowest BCUT2D eigenvalue weighted by Crippen LogP contribution is -2.25. The fourth-order valence-electron chi connectivity index (χ4n) is 2.16. The van der Waals surface area contributed by atoms with Crippen molar-refractivity contribution in [3.05, 3.63) is 0 Å². The number of unbranched alkanes of at least 4 members (excludes halogenated alkanes) is 2. The molecule has 0 bridgehead atoms. The van der Waals surface area contributed by atoms with E-state index in [9.17, 15) is 9.59 Å². The average molecular weight is 272 g/mol. The van der Waals surface area contributed by atoms with E-state index in [1.165, 1.54) is 0 Å². The predicted molar refractivity (Wildman–Crippen MR) is 74.9 cm³/mol. The van der Waals surface area contributed by atoms with Crippen LogP contribution in [0.15, 0.2) is 0 Å². The molecule has 0 aliphatic heterocycles. The van der Waals surface area contributed by atoms with E-state index < -0.39 is 11.9 Å². The second-order valence-corrected chi connectivity index (χ2v) is 5.67. The summed E-state index contributed by atoms with van der Waals surface area (Å²) < 4.78 is 5.35. The number of rotatable bonds is 10. The van der Waals surface area contributed by atoms with Crippen LogP contribution >= 0.6 is 0 Å². The van der Waals surface area contributed by atoms with Crippen LogP contribution in [0, 0.1) is 11.8 Å². The molecule has 0 saturated heterocycles. The van der Waals surface area contributed by atoms with Gasteiger partial charge in [-0.05, 0) is 25.7 Å². The molecule has 0 aliphatic rings. The number of carboxylic acid groups (broad SMARTS) is 1. The lowest BCUT2D eigenvalue weighted by Gasteiger charge is -2.19. The zero-order valence-electron chi connectivity index (χ0n) is 12.6. The maximum atomic E-state index is 12.0. The topological polar surface area (TPSA) is 63.6 Å². The van der Waals surface area contributed by atoms with Crippen molar-refractivity contribution in [1.82, 2.24) is 0 Å². The fraction of sp³-hybridized carbons (Fsp3) is 0.867. The monoisotopic (exact) mass is 272 g/mol. The maximum absolute atomic E-state index is 12.0. The number of hydrogen-bond donors (Lipinski definition) is 1. The van der Waals surface area contributed by atoms with Crippen molar-refractivity contribution < 1.29 is 19.4 Å². The van der Waals surface area contributed by atoms with E-state index >= 15 is 0 Å². The highest BCUT2D eigenvalue weighted by molar-refractivity contribution is 5.79. The van der Waals surface area contributed by atoms with Crippen LogP contribution in [-0.4, -0.2) is 23.1 Å². The Kier molecular flexibility index (Phi) is 9.27. The van der Waals surface area contributed by atoms with Crippen LogP contribution in [0.2, 0.25) is 0 Å². The van der Waals surface area contributed by atoms with E-state index in [1.807, 2.05) is 6.92 Å². The van der Waals surface area contributed by atoms with Gasteiger partial charge in [0.05, 0.1) is 18.4 Å². The van der Waals surface area contributed by atoms with Crippen molar-refractivity contribution in [2.75, 3.05) is 0 Å². The SMILES string of the molecule is CCCCCC(CC(=O)O)C(=O)OC(C)CC(C)C. The van der Waals surface area contributed by atoms with Gasteiger partial charge >= 0.3 is 11.9 Å². The molecule has 0 aromatic heterocycles. The third kappa shape index (κ3) is 9.51. The van der Waals surface area contributed by atoms with Crippen LogP contribution in [-0.2, 0) is 14.3 Å². The molecule has 4 heteroatoms. The lowest BCUT2D eigenvalue weighted by molar-refractivity contribution is -0.157. The summed E-state index contributed by atoms with van der Waals surface area (Å²) in [7, 11) is 0. The average Bonchev–Trinajstić information content (AvgIpc) is 2.26. The van der Waals surface area contributed by atoms with Crippen LogP contribution in [0.4, 0.5) is 0 Å². The molecule has 112 valence electrons. The number of carbonyl (C=O) groups is 2. The first kappa shape index (κ1) is 17.9. The third-order valence-corrected chi connectivity index (χ3v) is 3.03. The molecule has 1 N–H and O–H groups in total. The van der Waals surface area contributed by atoms with E-state index in [2.05, 4.69) is 20.8 Å². The fourth-order valence-corrected chi connectivity index (χ4v) is 2.16. The Bertz CT molecular complexity index is 273. The minimum Gasteiger partial charge on any atom is -0.481 e. The molecule has 0 aliphatic carbocycles. The standard InChI is InChI=1S/C15H28O4/c1-5-6-7-8-13(10-14(16)17)15(18)19-12(4)9-11(2)3/h11-13H,5-10H2,1-4H3,(H,16,17). The number of esters is 1. The van der Waals surface area contributed by atoms with Gasteiger partial charge in [0.2, 0.25) is 0 Å². The Morgan fingerprint density at radius 1 is 1.16 bits per heavy atom. The van der Waals surface area contributed by atoms with Crippen LogP contribution in [0.5, 0.6) is 0 Å². The minimum atomic E-state index is -0.935. The van der Waals surface area contributed by atoms with Crippen molar-refractivity contribution >= 4 is 11.9 Å². The van der Waals surface area contributed by atoms with Crippen LogP contribution in [0.3, 0.4) is 0 Å². The largest absolute Gasteiger partial charge is 0.481 e. The zero-order chi connectivity index (χ0) is 14.8. The first-order valence-corrected chi connectivity index (χ1v) is 7.29. The molecular formula is C15H28O4. The number of hydrogen-bond acceptors (Lipinski definition) is 3. The normalized spacial score (nSPS) is 14.2. The molecule has 2 atom stereocenters. The first-order valence-electron chi connectivity index (χ1n) is 7.29. The molecule has 2 unspecified atom stereocenters. The highest BCUT2D eigenvalue weighted by Gasteiger charge is 2.24. The molecule has 0 saturated carbocycles. The molecule has 4 nitrogen and oxygen atoms in total. The Hall–Kier alpha value is -1.06. The molecular weight excluding hydrogens is 244 g/mol. The minimum absolute atomic E-state index is 0.128. The van der Waals surface area contributed by atoms with Crippen LogP contribution in [0.1, 0.15) is 66.2 Å². The van der Waals surface area contributed by atoms with Crippen molar-refractivity contribution in [1.29, 1.82) is 0 Å². The number of carboxylic acids is 1. The highest BCUT2D eigenvalue weighted by atomic mass is 16.5. The lowest BCUT2D eigenvalue weighted by atomic mass is 9.97.